The first-order chi connectivity index (χ1) is 48.5. The van der Waals surface area contributed by atoms with Crippen LogP contribution < -0.4 is 35.1 Å². The molecule has 3 N–H and O–H groups in total. The quantitative estimate of drug-likeness (QED) is 0.0335. The molecule has 7 atom stereocenters. The minimum absolute atomic E-state index is 0.0132. The summed E-state index contributed by atoms with van der Waals surface area (Å²) in [5, 5.41) is 5.45. The predicted molar refractivity (Wildman–Crippen MR) is 367 cm³/mol. The number of aromatic amines is 1. The average molecular weight is 1380 g/mol. The summed E-state index contributed by atoms with van der Waals surface area (Å²) in [5.41, 5.74) is 0.762. The van der Waals surface area contributed by atoms with E-state index in [9.17, 15) is 14.4 Å². The SMILES string of the molecule is COc1ccc(C(OC[C@H]2O[C@@H](n3cnc4c(NC(=O)c5ccccc5)ncnc43)[C@H](F)C2OS(=O)(=O)CC[C@@H]2C[C@@H](OC(c3ccccc3)(c3ccc(OC)cc3)c3ccc(OC)cc3)[C@H](n3cnc4c(=O)[nH]c(NC(=O)C(C)C)nc43)O2)(c2ccccc2)c2ccc(OC)cc2)cc1. The highest BCUT2D eigenvalue weighted by Crippen LogP contribution is 2.49. The summed E-state index contributed by atoms with van der Waals surface area (Å²) in [5.74, 6) is 0.0700. The summed E-state index contributed by atoms with van der Waals surface area (Å²) in [4.78, 5) is 65.4. The van der Waals surface area contributed by atoms with Gasteiger partial charge in [-0.3, -0.25) is 38.0 Å². The number of nitrogens with zero attached hydrogens (tertiary/aromatic N) is 7. The van der Waals surface area contributed by atoms with E-state index in [1.807, 2.05) is 133 Å². The summed E-state index contributed by atoms with van der Waals surface area (Å²) in [6.45, 7) is 2.90. The Balaban J connectivity index is 0.868. The molecule has 4 aromatic heterocycles. The number of fused-ring (bicyclic) bond motifs is 2. The second-order valence-corrected chi connectivity index (χ2v) is 25.9. The second-order valence-electron chi connectivity index (χ2n) is 24.2. The molecule has 11 aromatic rings. The zero-order valence-electron chi connectivity index (χ0n) is 55.2. The number of carbonyl (C=O) groups excluding carboxylic acids is 2. The fourth-order valence-corrected chi connectivity index (χ4v) is 14.0. The van der Waals surface area contributed by atoms with Crippen LogP contribution in [0.15, 0.2) is 212 Å². The maximum Gasteiger partial charge on any atom is 0.280 e. The Morgan fingerprint density at radius 1 is 0.610 bits per heavy atom. The van der Waals surface area contributed by atoms with E-state index >= 15 is 12.8 Å². The number of alkyl halides is 1. The summed E-state index contributed by atoms with van der Waals surface area (Å²) in [6, 6.07) is 56.7. The van der Waals surface area contributed by atoms with E-state index in [-0.39, 0.29) is 46.9 Å². The molecule has 0 spiro atoms. The molecule has 1 unspecified atom stereocenters. The van der Waals surface area contributed by atoms with Crippen molar-refractivity contribution in [3.8, 4) is 23.0 Å². The Hall–Kier alpha value is -10.7. The number of aromatic nitrogens is 8. The molecule has 7 aromatic carbocycles. The van der Waals surface area contributed by atoms with E-state index in [0.29, 0.717) is 61.9 Å². The first kappa shape index (κ1) is 67.8. The standard InChI is InChI=1S/C74H71FN10O14S/c1-45(2)67(86)82-72-81-66-62(69(88)83-72)79-44-85(66)70-58(98-74(48-20-14-9-15-21-48,51-26-34-55(93-5)35-27-51)52-28-36-56(94-6)37-29-52)40-57(96-70)38-39-100(89,90)99-63-59(97-71(60(63)75)84-43-78-61-64(76-42-77-65(61)84)80-68(87)46-16-10-7-11-17-46)41-95-73(47-18-12-8-13-19-47,49-22-30-53(91-3)31-23-49)50-24-32-54(92-4)33-25-50/h7-37,42-45,57-60,63,70-71H,38-41H2,1-6H3,(H,76,77,80,87)(H2,81,82,83,86,88)/t57-,58-,59-,60-,63?,70-,71-/m1/s1. The van der Waals surface area contributed by atoms with Crippen molar-refractivity contribution in [1.82, 2.24) is 39.0 Å². The topological polar surface area (TPSA) is 283 Å². The van der Waals surface area contributed by atoms with Crippen LogP contribution in [0.3, 0.4) is 0 Å². The Kier molecular flexibility index (Phi) is 19.7. The van der Waals surface area contributed by atoms with Crippen LogP contribution in [0, 0.1) is 5.92 Å². The molecule has 514 valence electrons. The van der Waals surface area contributed by atoms with Gasteiger partial charge in [0.2, 0.25) is 11.9 Å². The van der Waals surface area contributed by atoms with E-state index < -0.39 is 100 Å². The number of hydrogen-bond acceptors (Lipinski definition) is 19. The number of benzene rings is 7. The van der Waals surface area contributed by atoms with Gasteiger partial charge in [-0.1, -0.05) is 141 Å². The molecule has 0 saturated carbocycles. The number of nitrogens with one attached hydrogen (secondary N) is 3. The molecule has 24 nitrogen and oxygen atoms in total. The number of H-pyrrole nitrogens is 1. The van der Waals surface area contributed by atoms with Crippen molar-refractivity contribution in [3.63, 3.8) is 0 Å². The first-order valence-electron chi connectivity index (χ1n) is 32.2. The largest absolute Gasteiger partial charge is 0.497 e. The molecule has 0 bridgehead atoms. The van der Waals surface area contributed by atoms with Crippen molar-refractivity contribution in [1.29, 1.82) is 0 Å². The maximum atomic E-state index is 18.3. The summed E-state index contributed by atoms with van der Waals surface area (Å²) >= 11 is 0. The van der Waals surface area contributed by atoms with Gasteiger partial charge in [-0.2, -0.15) is 13.4 Å². The lowest BCUT2D eigenvalue weighted by molar-refractivity contribution is -0.118. The minimum Gasteiger partial charge on any atom is -0.497 e. The van der Waals surface area contributed by atoms with Crippen molar-refractivity contribution in [2.75, 3.05) is 51.4 Å². The predicted octanol–water partition coefficient (Wildman–Crippen LogP) is 10.9. The molecular weight excluding hydrogens is 1300 g/mol. The summed E-state index contributed by atoms with van der Waals surface area (Å²) in [6.07, 6.45) is -6.88. The molecule has 100 heavy (non-hydrogen) atoms. The van der Waals surface area contributed by atoms with Crippen molar-refractivity contribution in [2.24, 2.45) is 5.92 Å². The lowest BCUT2D eigenvalue weighted by Gasteiger charge is -2.39. The van der Waals surface area contributed by atoms with Gasteiger partial charge in [0.15, 0.2) is 46.8 Å². The van der Waals surface area contributed by atoms with Crippen molar-refractivity contribution >= 4 is 56.0 Å². The molecule has 2 saturated heterocycles. The van der Waals surface area contributed by atoms with Gasteiger partial charge in [-0.25, -0.2) is 24.3 Å². The normalized spacial score (nSPS) is 18.7. The number of rotatable bonds is 26. The molecule has 2 amide bonds. The molecule has 2 fully saturated rings. The number of carbonyl (C=O) groups is 2. The fourth-order valence-electron chi connectivity index (χ4n) is 12.8. The monoisotopic (exact) mass is 1370 g/mol. The van der Waals surface area contributed by atoms with Gasteiger partial charge in [-0.05, 0) is 100 Å². The zero-order chi connectivity index (χ0) is 69.7. The van der Waals surface area contributed by atoms with Crippen LogP contribution in [0.25, 0.3) is 22.3 Å². The number of hydrogen-bond donors (Lipinski definition) is 3. The van der Waals surface area contributed by atoms with Crippen LogP contribution in [0.2, 0.25) is 0 Å². The number of imidazole rings is 2. The van der Waals surface area contributed by atoms with Gasteiger partial charge < -0.3 is 43.2 Å². The van der Waals surface area contributed by atoms with Gasteiger partial charge in [0.1, 0.15) is 58.8 Å². The molecule has 6 heterocycles. The van der Waals surface area contributed by atoms with Crippen molar-refractivity contribution < 1.29 is 64.5 Å². The van der Waals surface area contributed by atoms with Crippen LogP contribution in [0.5, 0.6) is 23.0 Å². The van der Waals surface area contributed by atoms with Gasteiger partial charge in [0.25, 0.3) is 21.6 Å². The molecule has 13 rings (SSSR count). The Bertz CT molecular complexity index is 4750. The smallest absolute Gasteiger partial charge is 0.280 e. The van der Waals surface area contributed by atoms with Crippen LogP contribution in [-0.4, -0.2) is 131 Å². The van der Waals surface area contributed by atoms with Crippen molar-refractivity contribution in [3.05, 3.63) is 256 Å². The maximum absolute atomic E-state index is 18.3. The highest BCUT2D eigenvalue weighted by atomic mass is 32.2. The lowest BCUT2D eigenvalue weighted by Crippen LogP contribution is -2.41. The number of halogens is 1. The number of anilines is 2. The third kappa shape index (κ3) is 13.5. The van der Waals surface area contributed by atoms with Crippen LogP contribution in [-0.2, 0) is 49.2 Å². The molecule has 2 aliphatic rings. The van der Waals surface area contributed by atoms with E-state index in [4.69, 9.17) is 42.1 Å². The van der Waals surface area contributed by atoms with E-state index in [1.165, 1.54) is 28.1 Å². The lowest BCUT2D eigenvalue weighted by atomic mass is 9.79. The van der Waals surface area contributed by atoms with Gasteiger partial charge in [0.05, 0.1) is 59.6 Å². The highest BCUT2D eigenvalue weighted by molar-refractivity contribution is 7.86. The molecule has 0 aliphatic carbocycles. The highest BCUT2D eigenvalue weighted by Gasteiger charge is 2.52. The number of ether oxygens (including phenoxy) is 8. The van der Waals surface area contributed by atoms with Crippen LogP contribution >= 0.6 is 0 Å². The number of amides is 2. The average Bonchev–Trinajstić information content (AvgIpc) is 0.948. The number of methoxy groups -OCH3 is 4. The summed E-state index contributed by atoms with van der Waals surface area (Å²) in [7, 11) is 1.42. The Morgan fingerprint density at radius 3 is 1.63 bits per heavy atom. The van der Waals surface area contributed by atoms with Crippen molar-refractivity contribution in [2.45, 2.75) is 80.9 Å². The van der Waals surface area contributed by atoms with E-state index in [1.54, 1.807) is 96.9 Å². The van der Waals surface area contributed by atoms with Gasteiger partial charge >= 0.3 is 0 Å². The summed E-state index contributed by atoms with van der Waals surface area (Å²) < 4.78 is 109. The van der Waals surface area contributed by atoms with Crippen LogP contribution in [0.1, 0.15) is 82.9 Å². The minimum atomic E-state index is -4.82. The van der Waals surface area contributed by atoms with Gasteiger partial charge in [-0.15, -0.1) is 0 Å². The van der Waals surface area contributed by atoms with Gasteiger partial charge in [0, 0.05) is 17.9 Å². The Labute approximate surface area is 574 Å². The third-order valence-corrected chi connectivity index (χ3v) is 19.1. The second kappa shape index (κ2) is 29.0. The molecule has 2 aliphatic heterocycles. The van der Waals surface area contributed by atoms with E-state index in [2.05, 4.69) is 40.5 Å². The molecular formula is C74H71FN10O14S. The Morgan fingerprint density at radius 2 is 1.10 bits per heavy atom. The fraction of sp³-hybridized carbons (Fsp3) is 0.270. The van der Waals surface area contributed by atoms with E-state index in [0.717, 1.165) is 0 Å². The first-order valence-corrected chi connectivity index (χ1v) is 33.8. The molecule has 26 heteroatoms. The third-order valence-electron chi connectivity index (χ3n) is 17.9. The van der Waals surface area contributed by atoms with Crippen LogP contribution in [0.4, 0.5) is 16.2 Å². The molecule has 0 radical (unpaired) electrons. The zero-order valence-corrected chi connectivity index (χ0v) is 56.0.